The Kier molecular flexibility index (Phi) is 4.52. The first-order valence-electron chi connectivity index (χ1n) is 10.0. The van der Waals surface area contributed by atoms with Crippen molar-refractivity contribution in [2.24, 2.45) is 11.7 Å². The van der Waals surface area contributed by atoms with Crippen LogP contribution in [-0.4, -0.2) is 44.8 Å². The van der Waals surface area contributed by atoms with Crippen molar-refractivity contribution in [2.45, 2.75) is 56.8 Å². The molecule has 0 radical (unpaired) electrons. The van der Waals surface area contributed by atoms with Crippen LogP contribution in [0.15, 0.2) is 34.7 Å². The number of rotatable bonds is 6. The zero-order valence-electron chi connectivity index (χ0n) is 15.7. The molecule has 8 heteroatoms. The minimum atomic E-state index is -0.168. The first kappa shape index (κ1) is 17.6. The van der Waals surface area contributed by atoms with Crippen LogP contribution in [0.4, 0.5) is 4.79 Å². The van der Waals surface area contributed by atoms with Gasteiger partial charge in [0.25, 0.3) is 0 Å². The maximum Gasteiger partial charge on any atom is 0.345 e. The molecular formula is C20H25N5O3. The van der Waals surface area contributed by atoms with Crippen molar-refractivity contribution in [1.82, 2.24) is 20.2 Å². The summed E-state index contributed by atoms with van der Waals surface area (Å²) < 4.78 is 5.91. The molecule has 5 rings (SSSR count). The van der Waals surface area contributed by atoms with E-state index in [-0.39, 0.29) is 18.1 Å². The Labute approximate surface area is 163 Å². The molecule has 2 atom stereocenters. The van der Waals surface area contributed by atoms with Gasteiger partial charge >= 0.3 is 6.03 Å². The zero-order valence-corrected chi connectivity index (χ0v) is 15.7. The molecule has 3 heterocycles. The monoisotopic (exact) mass is 383 g/mol. The average molecular weight is 383 g/mol. The van der Waals surface area contributed by atoms with E-state index < -0.39 is 0 Å². The fourth-order valence-corrected chi connectivity index (χ4v) is 4.46. The lowest BCUT2D eigenvalue weighted by atomic mass is 9.79. The fourth-order valence-electron chi connectivity index (χ4n) is 4.46. The van der Waals surface area contributed by atoms with E-state index in [2.05, 4.69) is 10.2 Å². The largest absolute Gasteiger partial charge is 0.423 e. The molecule has 2 aromatic rings. The van der Waals surface area contributed by atoms with Crippen molar-refractivity contribution in [3.05, 3.63) is 47.7 Å². The van der Waals surface area contributed by atoms with Crippen molar-refractivity contribution >= 4 is 6.03 Å². The van der Waals surface area contributed by atoms with Gasteiger partial charge in [0.2, 0.25) is 11.8 Å². The van der Waals surface area contributed by atoms with Crippen LogP contribution < -0.4 is 5.73 Å². The van der Waals surface area contributed by atoms with Crippen molar-refractivity contribution in [2.75, 3.05) is 6.54 Å². The molecule has 3 aliphatic rings. The summed E-state index contributed by atoms with van der Waals surface area (Å²) in [5, 5.41) is 9.97. The molecule has 1 aliphatic carbocycles. The summed E-state index contributed by atoms with van der Waals surface area (Å²) >= 11 is 0. The Morgan fingerprint density at radius 1 is 1.18 bits per heavy atom. The van der Waals surface area contributed by atoms with Gasteiger partial charge in [-0.15, -0.1) is 10.2 Å². The molecule has 2 saturated heterocycles. The number of hydrogen-bond donors (Lipinski definition) is 1. The van der Waals surface area contributed by atoms with Gasteiger partial charge in [-0.05, 0) is 37.2 Å². The van der Waals surface area contributed by atoms with Crippen LogP contribution in [-0.2, 0) is 17.9 Å². The highest BCUT2D eigenvalue weighted by Gasteiger charge is 2.47. The lowest BCUT2D eigenvalue weighted by Crippen LogP contribution is -2.37. The summed E-state index contributed by atoms with van der Waals surface area (Å²) in [6, 6.07) is 9.98. The van der Waals surface area contributed by atoms with Crippen LogP contribution in [0.25, 0.3) is 0 Å². The summed E-state index contributed by atoms with van der Waals surface area (Å²) in [7, 11) is 0. The molecule has 28 heavy (non-hydrogen) atoms. The van der Waals surface area contributed by atoms with Crippen LogP contribution in [0.2, 0.25) is 0 Å². The van der Waals surface area contributed by atoms with Crippen molar-refractivity contribution in [3.8, 4) is 0 Å². The summed E-state index contributed by atoms with van der Waals surface area (Å²) in [5.41, 5.74) is 6.89. The Morgan fingerprint density at radius 3 is 2.79 bits per heavy atom. The zero-order chi connectivity index (χ0) is 19.1. The number of hydrogen-bond acceptors (Lipinski definition) is 6. The summed E-state index contributed by atoms with van der Waals surface area (Å²) in [4.78, 5) is 20.5. The van der Waals surface area contributed by atoms with Gasteiger partial charge in [-0.3, -0.25) is 4.84 Å². The maximum absolute atomic E-state index is 12.9. The van der Waals surface area contributed by atoms with Crippen molar-refractivity contribution in [1.29, 1.82) is 0 Å². The van der Waals surface area contributed by atoms with E-state index in [0.29, 0.717) is 36.9 Å². The number of urea groups is 1. The quantitative estimate of drug-likeness (QED) is 0.823. The molecule has 2 amide bonds. The third kappa shape index (κ3) is 3.27. The molecule has 1 aromatic carbocycles. The first-order valence-corrected chi connectivity index (χ1v) is 10.0. The van der Waals surface area contributed by atoms with Crippen LogP contribution in [0.1, 0.15) is 49.1 Å². The minimum Gasteiger partial charge on any atom is -0.423 e. The Balaban J connectivity index is 1.23. The van der Waals surface area contributed by atoms with Gasteiger partial charge < -0.3 is 15.1 Å². The van der Waals surface area contributed by atoms with Crippen molar-refractivity contribution < 1.29 is 14.0 Å². The Hall–Kier alpha value is -2.45. The fraction of sp³-hybridized carbons (Fsp3) is 0.550. The standard InChI is InChI=1S/C20H25N5O3/c21-15-8-14(9-15)10-18-22-23-19(28-18)17-7-6-16-11-24(17)20(26)25(16)27-12-13-4-2-1-3-5-13/h1-5,14-17H,6-12,21H2/t14?,15?,16-,17+/m1/s1. The minimum absolute atomic E-state index is 0.0753. The molecule has 8 nitrogen and oxygen atoms in total. The molecule has 1 saturated carbocycles. The SMILES string of the molecule is NC1CC(Cc2nnc([C@@H]3CC[C@@H]4CN3C(=O)N4OCc3ccccc3)o2)C1. The van der Waals surface area contributed by atoms with Gasteiger partial charge in [0.1, 0.15) is 12.6 Å². The summed E-state index contributed by atoms with van der Waals surface area (Å²) in [6.07, 6.45) is 4.47. The highest BCUT2D eigenvalue weighted by molar-refractivity contribution is 5.77. The second-order valence-corrected chi connectivity index (χ2v) is 8.10. The smallest absolute Gasteiger partial charge is 0.345 e. The topological polar surface area (TPSA) is 97.7 Å². The van der Waals surface area contributed by atoms with E-state index >= 15 is 0 Å². The molecule has 0 spiro atoms. The normalized spacial score (nSPS) is 29.2. The number of carbonyl (C=O) groups is 1. The number of hydroxylamine groups is 2. The highest BCUT2D eigenvalue weighted by Crippen LogP contribution is 2.38. The van der Waals surface area contributed by atoms with E-state index in [4.69, 9.17) is 15.0 Å². The van der Waals surface area contributed by atoms with E-state index in [1.807, 2.05) is 30.3 Å². The number of aromatic nitrogens is 2. The second-order valence-electron chi connectivity index (χ2n) is 8.10. The lowest BCUT2D eigenvalue weighted by molar-refractivity contribution is -0.140. The van der Waals surface area contributed by atoms with Gasteiger partial charge in [-0.25, -0.2) is 4.79 Å². The van der Waals surface area contributed by atoms with E-state index in [1.165, 1.54) is 5.06 Å². The number of benzene rings is 1. The van der Waals surface area contributed by atoms with E-state index in [0.717, 1.165) is 37.7 Å². The molecule has 148 valence electrons. The van der Waals surface area contributed by atoms with Gasteiger partial charge in [-0.1, -0.05) is 30.3 Å². The number of carbonyl (C=O) groups excluding carboxylic acids is 1. The molecule has 2 aliphatic heterocycles. The van der Waals surface area contributed by atoms with Crippen LogP contribution in [0.3, 0.4) is 0 Å². The number of piperidine rings is 1. The highest BCUT2D eigenvalue weighted by atomic mass is 16.7. The molecule has 0 unspecified atom stereocenters. The predicted octanol–water partition coefficient (Wildman–Crippen LogP) is 2.42. The van der Waals surface area contributed by atoms with Crippen LogP contribution in [0.5, 0.6) is 0 Å². The number of nitrogens with two attached hydrogens (primary N) is 1. The Bertz CT molecular complexity index is 835. The maximum atomic E-state index is 12.9. The van der Waals surface area contributed by atoms with E-state index in [1.54, 1.807) is 4.90 Å². The number of amides is 2. The second kappa shape index (κ2) is 7.18. The average Bonchev–Trinajstić information content (AvgIpc) is 3.24. The predicted molar refractivity (Wildman–Crippen MR) is 99.6 cm³/mol. The van der Waals surface area contributed by atoms with Gasteiger partial charge in [0, 0.05) is 19.0 Å². The molecular weight excluding hydrogens is 358 g/mol. The van der Waals surface area contributed by atoms with Crippen molar-refractivity contribution in [3.63, 3.8) is 0 Å². The molecule has 1 aromatic heterocycles. The molecule has 3 fully saturated rings. The number of fused-ring (bicyclic) bond motifs is 2. The number of nitrogens with zero attached hydrogens (tertiary/aromatic N) is 4. The van der Waals surface area contributed by atoms with E-state index in [9.17, 15) is 4.79 Å². The molecule has 2 bridgehead atoms. The van der Waals surface area contributed by atoms with Gasteiger partial charge in [0.05, 0.1) is 6.04 Å². The summed E-state index contributed by atoms with van der Waals surface area (Å²) in [6.45, 7) is 1.02. The Morgan fingerprint density at radius 2 is 2.00 bits per heavy atom. The lowest BCUT2D eigenvalue weighted by Gasteiger charge is -2.31. The third-order valence-electron chi connectivity index (χ3n) is 6.04. The molecule has 2 N–H and O–H groups in total. The van der Waals surface area contributed by atoms with Gasteiger partial charge in [0.15, 0.2) is 0 Å². The summed E-state index contributed by atoms with van der Waals surface area (Å²) in [5.74, 6) is 1.72. The van der Waals surface area contributed by atoms with Gasteiger partial charge in [-0.2, -0.15) is 5.06 Å². The van der Waals surface area contributed by atoms with Crippen LogP contribution >= 0.6 is 0 Å². The van der Waals surface area contributed by atoms with Crippen LogP contribution in [0, 0.1) is 5.92 Å². The first-order chi connectivity index (χ1) is 13.7. The third-order valence-corrected chi connectivity index (χ3v) is 6.04.